The topological polar surface area (TPSA) is 307 Å². The molecule has 17 unspecified atom stereocenters. The predicted molar refractivity (Wildman–Crippen MR) is 277 cm³/mol. The Morgan fingerprint density at radius 2 is 0.932 bits per heavy atom. The zero-order valence-corrected chi connectivity index (χ0v) is 43.3. The van der Waals surface area contributed by atoms with Crippen molar-refractivity contribution in [3.05, 3.63) is 97.2 Å². The molecule has 0 radical (unpaired) electrons. The monoisotopic (exact) mass is 1050 g/mol. The molecule has 19 heteroatoms. The highest BCUT2D eigenvalue weighted by molar-refractivity contribution is 5.76. The minimum absolute atomic E-state index is 0.155. The molecule has 3 aliphatic heterocycles. The largest absolute Gasteiger partial charge is 0.394 e. The van der Waals surface area contributed by atoms with E-state index in [0.717, 1.165) is 70.6 Å². The minimum atomic E-state index is -1.99. The van der Waals surface area contributed by atoms with Crippen LogP contribution in [0.2, 0.25) is 0 Å². The first-order chi connectivity index (χ1) is 35.8. The summed E-state index contributed by atoms with van der Waals surface area (Å²) in [4.78, 5) is 13.2. The van der Waals surface area contributed by atoms with Crippen LogP contribution in [0, 0.1) is 0 Å². The summed E-state index contributed by atoms with van der Waals surface area (Å²) in [5.41, 5.74) is 0. The van der Waals surface area contributed by atoms with Gasteiger partial charge in [0, 0.05) is 6.42 Å². The first-order valence-electron chi connectivity index (χ1n) is 26.5. The number of aliphatic hydroxyl groups excluding tert-OH is 11. The Kier molecular flexibility index (Phi) is 33.6. The highest BCUT2D eigenvalue weighted by Crippen LogP contribution is 2.33. The molecule has 3 saturated heterocycles. The second kappa shape index (κ2) is 38.3. The molecule has 0 saturated carbocycles. The van der Waals surface area contributed by atoms with Crippen LogP contribution < -0.4 is 5.32 Å². The lowest BCUT2D eigenvalue weighted by atomic mass is 9.96. The van der Waals surface area contributed by atoms with Crippen molar-refractivity contribution in [1.82, 2.24) is 5.32 Å². The third-order valence-electron chi connectivity index (χ3n) is 12.6. The third-order valence-corrected chi connectivity index (χ3v) is 12.6. The van der Waals surface area contributed by atoms with Crippen LogP contribution in [0.4, 0.5) is 0 Å². The van der Waals surface area contributed by atoms with E-state index in [1.165, 1.54) is 0 Å². The third kappa shape index (κ3) is 23.1. The molecule has 3 fully saturated rings. The molecule has 19 nitrogen and oxygen atoms in total. The van der Waals surface area contributed by atoms with Crippen molar-refractivity contribution >= 4 is 5.91 Å². The number of unbranched alkanes of at least 4 members (excludes halogenated alkanes) is 5. The van der Waals surface area contributed by atoms with Crippen LogP contribution in [0.3, 0.4) is 0 Å². The van der Waals surface area contributed by atoms with Crippen LogP contribution in [-0.2, 0) is 33.2 Å². The summed E-state index contributed by atoms with van der Waals surface area (Å²) in [6.45, 7) is 1.41. The minimum Gasteiger partial charge on any atom is -0.394 e. The van der Waals surface area contributed by atoms with Crippen LogP contribution in [-0.4, -0.2) is 193 Å². The molecular weight excluding hydrogens is 963 g/mol. The zero-order chi connectivity index (χ0) is 54.1. The number of amides is 1. The molecule has 3 rings (SSSR count). The standard InChI is InChI=1S/C55H89NO18/c1-3-5-7-9-11-12-13-14-15-16-17-18-19-20-21-22-23-24-25-26-27-29-31-33-43(61)56-38(39(60)32-30-28-10-8-6-4-2)37-69-53-49(67)46(64)51(41(35-58)71-53)74-55-50(68)47(65)52(42(36-59)72-55)73-54-48(66)45(63)44(62)40(34-57)70-54/h5,7,11-12,14-15,17-18,20-21,23-24,26-27,30,32,38-42,44-55,57-60,62-68H,3-4,6,8-10,13,16,19,22,25,28-29,31,33-37H2,1-2H3,(H,56,61)/b7-5-,12-11-,15-14-,18-17-,21-20-,24-23-,27-26-,32-30+. The van der Waals surface area contributed by atoms with E-state index in [1.54, 1.807) is 6.08 Å². The number of allylic oxidation sites excluding steroid dienone is 15. The van der Waals surface area contributed by atoms with Gasteiger partial charge in [0.2, 0.25) is 5.91 Å². The molecule has 3 heterocycles. The van der Waals surface area contributed by atoms with Gasteiger partial charge in [-0.3, -0.25) is 4.79 Å². The van der Waals surface area contributed by atoms with E-state index in [9.17, 15) is 61.0 Å². The van der Waals surface area contributed by atoms with Crippen LogP contribution in [0.5, 0.6) is 0 Å². The van der Waals surface area contributed by atoms with Crippen molar-refractivity contribution < 1.29 is 89.4 Å². The van der Waals surface area contributed by atoms with Crippen molar-refractivity contribution in [2.24, 2.45) is 0 Å². The van der Waals surface area contributed by atoms with Crippen LogP contribution >= 0.6 is 0 Å². The van der Waals surface area contributed by atoms with Gasteiger partial charge in [0.15, 0.2) is 18.9 Å². The van der Waals surface area contributed by atoms with Crippen LogP contribution in [0.1, 0.15) is 110 Å². The van der Waals surface area contributed by atoms with Crippen molar-refractivity contribution in [1.29, 1.82) is 0 Å². The van der Waals surface area contributed by atoms with Crippen molar-refractivity contribution in [2.45, 2.75) is 214 Å². The molecule has 12 N–H and O–H groups in total. The van der Waals surface area contributed by atoms with E-state index in [4.69, 9.17) is 28.4 Å². The van der Waals surface area contributed by atoms with Gasteiger partial charge in [0.25, 0.3) is 0 Å². The maximum atomic E-state index is 13.2. The van der Waals surface area contributed by atoms with Gasteiger partial charge < -0.3 is 89.9 Å². The lowest BCUT2D eigenvalue weighted by Crippen LogP contribution is -2.66. The first-order valence-corrected chi connectivity index (χ1v) is 26.5. The predicted octanol–water partition coefficient (Wildman–Crippen LogP) is 2.64. The Labute approximate surface area is 437 Å². The molecule has 3 aliphatic rings. The van der Waals surface area contributed by atoms with E-state index >= 15 is 0 Å². The lowest BCUT2D eigenvalue weighted by molar-refractivity contribution is -0.379. The van der Waals surface area contributed by atoms with E-state index < -0.39 is 124 Å². The quantitative estimate of drug-likeness (QED) is 0.0321. The summed E-state index contributed by atoms with van der Waals surface area (Å²) in [5.74, 6) is -0.346. The normalized spacial score (nSPS) is 32.3. The summed E-state index contributed by atoms with van der Waals surface area (Å²) in [5, 5.41) is 119. The number of carbonyl (C=O) groups is 1. The summed E-state index contributed by atoms with van der Waals surface area (Å²) in [6.07, 6.45) is 18.9. The number of aliphatic hydroxyl groups is 11. The number of hydrogen-bond donors (Lipinski definition) is 12. The Morgan fingerprint density at radius 1 is 0.500 bits per heavy atom. The van der Waals surface area contributed by atoms with Gasteiger partial charge >= 0.3 is 0 Å². The maximum absolute atomic E-state index is 13.2. The number of rotatable bonds is 35. The number of carbonyl (C=O) groups excluding carboxylic acids is 1. The summed E-state index contributed by atoms with van der Waals surface area (Å²) >= 11 is 0. The Morgan fingerprint density at radius 3 is 1.42 bits per heavy atom. The number of nitrogens with one attached hydrogen (secondary N) is 1. The van der Waals surface area contributed by atoms with Gasteiger partial charge in [0.05, 0.1) is 38.6 Å². The Hall–Kier alpha value is -3.29. The first kappa shape index (κ1) is 65.0. The zero-order valence-electron chi connectivity index (χ0n) is 43.3. The molecule has 0 bridgehead atoms. The Balaban J connectivity index is 1.48. The fraction of sp³-hybridized carbons (Fsp3) is 0.691. The SMILES string of the molecule is CC/C=C\C/C=C\C/C=C\C/C=C\C/C=C\C/C=C\C/C=C\CCCC(=O)NC(COC1OC(CO)C(OC2OC(CO)C(OC3OC(CO)C(O)C(O)C3O)C(O)C2O)C(O)C1O)C(O)/C=C/CCCCCC. The average Bonchev–Trinajstić information content (AvgIpc) is 3.40. The highest BCUT2D eigenvalue weighted by Gasteiger charge is 2.53. The van der Waals surface area contributed by atoms with Gasteiger partial charge in [-0.2, -0.15) is 0 Å². The van der Waals surface area contributed by atoms with Crippen LogP contribution in [0.15, 0.2) is 97.2 Å². The van der Waals surface area contributed by atoms with Gasteiger partial charge in [0.1, 0.15) is 73.2 Å². The second-order valence-corrected chi connectivity index (χ2v) is 18.6. The summed E-state index contributed by atoms with van der Waals surface area (Å²) < 4.78 is 34.0. The summed E-state index contributed by atoms with van der Waals surface area (Å²) in [6, 6.07) is -1.01. The molecule has 0 aromatic heterocycles. The van der Waals surface area contributed by atoms with Gasteiger partial charge in [-0.25, -0.2) is 0 Å². The van der Waals surface area contributed by atoms with Gasteiger partial charge in [-0.1, -0.05) is 130 Å². The van der Waals surface area contributed by atoms with Gasteiger partial charge in [-0.15, -0.1) is 0 Å². The van der Waals surface area contributed by atoms with E-state index in [1.807, 2.05) is 18.2 Å². The molecule has 0 aromatic rings. The molecular formula is C55H89NO18. The second-order valence-electron chi connectivity index (χ2n) is 18.6. The fourth-order valence-corrected chi connectivity index (χ4v) is 8.23. The molecule has 0 aliphatic carbocycles. The highest BCUT2D eigenvalue weighted by atomic mass is 16.8. The smallest absolute Gasteiger partial charge is 0.220 e. The van der Waals surface area contributed by atoms with E-state index in [2.05, 4.69) is 92.1 Å². The molecule has 17 atom stereocenters. The van der Waals surface area contributed by atoms with E-state index in [-0.39, 0.29) is 18.9 Å². The van der Waals surface area contributed by atoms with Gasteiger partial charge in [-0.05, 0) is 70.6 Å². The average molecular weight is 1050 g/mol. The van der Waals surface area contributed by atoms with Crippen molar-refractivity contribution in [3.8, 4) is 0 Å². The molecule has 1 amide bonds. The Bertz CT molecular complexity index is 1730. The molecule has 74 heavy (non-hydrogen) atoms. The lowest BCUT2D eigenvalue weighted by Gasteiger charge is -2.48. The van der Waals surface area contributed by atoms with Crippen molar-refractivity contribution in [2.75, 3.05) is 26.4 Å². The van der Waals surface area contributed by atoms with Crippen LogP contribution in [0.25, 0.3) is 0 Å². The van der Waals surface area contributed by atoms with E-state index in [0.29, 0.717) is 19.3 Å². The molecule has 0 aromatic carbocycles. The number of ether oxygens (including phenoxy) is 6. The number of hydrogen-bond acceptors (Lipinski definition) is 18. The maximum Gasteiger partial charge on any atom is 0.220 e. The summed E-state index contributed by atoms with van der Waals surface area (Å²) in [7, 11) is 0. The molecule has 0 spiro atoms. The van der Waals surface area contributed by atoms with Crippen molar-refractivity contribution in [3.63, 3.8) is 0 Å². The molecule has 422 valence electrons. The fourth-order valence-electron chi connectivity index (χ4n) is 8.23.